The second kappa shape index (κ2) is 13.0. The topological polar surface area (TPSA) is 130 Å². The van der Waals surface area contributed by atoms with Gasteiger partial charge in [0.1, 0.15) is 18.2 Å². The molecule has 11 heteroatoms. The maximum absolute atomic E-state index is 13.3. The van der Waals surface area contributed by atoms with Crippen LogP contribution < -0.4 is 20.7 Å². The smallest absolute Gasteiger partial charge is 0.255 e. The lowest BCUT2D eigenvalue weighted by atomic mass is 10.1. The average Bonchev–Trinajstić information content (AvgIpc) is 2.85. The summed E-state index contributed by atoms with van der Waals surface area (Å²) in [5.41, 5.74) is 0.620. The van der Waals surface area contributed by atoms with Crippen LogP contribution in [0.4, 0.5) is 5.82 Å². The van der Waals surface area contributed by atoms with Crippen LogP contribution >= 0.6 is 11.6 Å². The first kappa shape index (κ1) is 27.9. The first-order valence-electron chi connectivity index (χ1n) is 12.2. The minimum Gasteiger partial charge on any atom is -0.491 e. The normalized spacial score (nSPS) is 17.4. The Bertz CT molecular complexity index is 1160. The van der Waals surface area contributed by atoms with Crippen LogP contribution in [0.15, 0.2) is 36.5 Å². The maximum atomic E-state index is 13.3. The Kier molecular flexibility index (Phi) is 9.85. The van der Waals surface area contributed by atoms with Gasteiger partial charge in [0.2, 0.25) is 11.8 Å². The molecule has 0 radical (unpaired) electrons. The van der Waals surface area contributed by atoms with E-state index in [1.165, 1.54) is 30.2 Å². The highest BCUT2D eigenvalue weighted by atomic mass is 35.5. The molecular weight excluding hydrogens is 498 g/mol. The van der Waals surface area contributed by atoms with Gasteiger partial charge in [0, 0.05) is 36.8 Å². The zero-order chi connectivity index (χ0) is 26.9. The van der Waals surface area contributed by atoms with Crippen molar-refractivity contribution in [2.75, 3.05) is 31.6 Å². The monoisotopic (exact) mass is 529 g/mol. The van der Waals surface area contributed by atoms with E-state index >= 15 is 0 Å². The summed E-state index contributed by atoms with van der Waals surface area (Å²) in [6.45, 7) is 5.89. The summed E-state index contributed by atoms with van der Waals surface area (Å²) in [5, 5.41) is 8.80. The summed E-state index contributed by atoms with van der Waals surface area (Å²) < 4.78 is 5.94. The molecule has 0 spiro atoms. The van der Waals surface area contributed by atoms with E-state index in [2.05, 4.69) is 20.9 Å². The number of rotatable bonds is 3. The second-order valence-electron chi connectivity index (χ2n) is 9.17. The molecule has 0 saturated heterocycles. The largest absolute Gasteiger partial charge is 0.491 e. The van der Waals surface area contributed by atoms with E-state index in [9.17, 15) is 19.2 Å². The molecule has 0 fully saturated rings. The van der Waals surface area contributed by atoms with Crippen molar-refractivity contribution in [3.63, 3.8) is 0 Å². The molecule has 37 heavy (non-hydrogen) atoms. The first-order valence-corrected chi connectivity index (χ1v) is 12.5. The molecule has 0 aliphatic carbocycles. The molecule has 0 bridgehead atoms. The fraction of sp³-hybridized carbons (Fsp3) is 0.423. The molecule has 4 amide bonds. The van der Waals surface area contributed by atoms with Crippen LogP contribution in [0.1, 0.15) is 54.3 Å². The number of aromatic nitrogens is 1. The number of nitrogens with zero attached hydrogens (tertiary/aromatic N) is 2. The molecule has 1 aromatic carbocycles. The van der Waals surface area contributed by atoms with Crippen LogP contribution in [0, 0.1) is 5.92 Å². The van der Waals surface area contributed by atoms with Crippen molar-refractivity contribution in [3.05, 3.63) is 52.7 Å². The van der Waals surface area contributed by atoms with Gasteiger partial charge in [-0.25, -0.2) is 4.98 Å². The number of pyridine rings is 1. The molecule has 3 rings (SSSR count). The third-order valence-corrected chi connectivity index (χ3v) is 6.06. The molecule has 2 heterocycles. The van der Waals surface area contributed by atoms with Crippen molar-refractivity contribution < 1.29 is 23.9 Å². The minimum atomic E-state index is -0.367. The zero-order valence-corrected chi connectivity index (χ0v) is 21.9. The fourth-order valence-corrected chi connectivity index (χ4v) is 3.96. The third kappa shape index (κ3) is 8.18. The van der Waals surface area contributed by atoms with Crippen molar-refractivity contribution >= 4 is 41.0 Å². The van der Waals surface area contributed by atoms with E-state index in [0.29, 0.717) is 47.8 Å². The number of ether oxygens (including phenoxy) is 1. The highest BCUT2D eigenvalue weighted by molar-refractivity contribution is 6.31. The lowest BCUT2D eigenvalue weighted by molar-refractivity contribution is -0.123. The number of hydrogen-bond donors (Lipinski definition) is 3. The standard InChI is InChI=1S/C26H32ClN5O5/c1-16(2)21-15-37-22-7-6-19(27)13-20(22)25(35)29-9-4-5-11-32(14-24(34)31-21)26(36)18-8-10-28-23(12-18)30-17(3)33/h6-8,10,12-13,16,21H,4-5,9,11,14-15H2,1-3H3,(H,29,35)(H,31,34)(H,28,30,33)/t21-/m0/s1. The number of benzene rings is 1. The van der Waals surface area contributed by atoms with Crippen molar-refractivity contribution in [1.29, 1.82) is 0 Å². The summed E-state index contributed by atoms with van der Waals surface area (Å²) in [5.74, 6) is -0.661. The van der Waals surface area contributed by atoms with Crippen LogP contribution in [-0.2, 0) is 9.59 Å². The quantitative estimate of drug-likeness (QED) is 0.560. The van der Waals surface area contributed by atoms with Gasteiger partial charge in [-0.1, -0.05) is 25.4 Å². The third-order valence-electron chi connectivity index (χ3n) is 5.83. The maximum Gasteiger partial charge on any atom is 0.255 e. The van der Waals surface area contributed by atoms with Crippen LogP contribution in [0.25, 0.3) is 0 Å². The number of hydrogen-bond acceptors (Lipinski definition) is 6. The Labute approximate surface area is 221 Å². The number of halogens is 1. The predicted octanol–water partition coefficient (Wildman–Crippen LogP) is 2.88. The van der Waals surface area contributed by atoms with Gasteiger partial charge >= 0.3 is 0 Å². The Morgan fingerprint density at radius 3 is 2.70 bits per heavy atom. The number of amides is 4. The lowest BCUT2D eigenvalue weighted by Crippen LogP contribution is -2.48. The summed E-state index contributed by atoms with van der Waals surface area (Å²) in [6.07, 6.45) is 2.56. The molecule has 1 aliphatic heterocycles. The number of fused-ring (bicyclic) bond motifs is 1. The van der Waals surface area contributed by atoms with Crippen molar-refractivity contribution in [2.24, 2.45) is 5.92 Å². The van der Waals surface area contributed by atoms with Crippen molar-refractivity contribution in [1.82, 2.24) is 20.5 Å². The molecule has 2 aromatic rings. The number of carbonyl (C=O) groups is 4. The van der Waals surface area contributed by atoms with Crippen LogP contribution in [-0.4, -0.2) is 65.8 Å². The second-order valence-corrected chi connectivity index (χ2v) is 9.61. The Hall–Kier alpha value is -3.66. The van der Waals surface area contributed by atoms with E-state index < -0.39 is 0 Å². The van der Waals surface area contributed by atoms with E-state index in [1.54, 1.807) is 18.2 Å². The van der Waals surface area contributed by atoms with Gasteiger partial charge in [-0.2, -0.15) is 0 Å². The molecule has 1 aromatic heterocycles. The Morgan fingerprint density at radius 2 is 1.97 bits per heavy atom. The van der Waals surface area contributed by atoms with Gasteiger partial charge in [-0.3, -0.25) is 19.2 Å². The molecule has 1 aliphatic rings. The lowest BCUT2D eigenvalue weighted by Gasteiger charge is -2.26. The molecule has 3 N–H and O–H groups in total. The minimum absolute atomic E-state index is 0.0220. The highest BCUT2D eigenvalue weighted by Gasteiger charge is 2.24. The zero-order valence-electron chi connectivity index (χ0n) is 21.2. The van der Waals surface area contributed by atoms with E-state index in [1.807, 2.05) is 13.8 Å². The van der Waals surface area contributed by atoms with Gasteiger partial charge in [0.25, 0.3) is 11.8 Å². The van der Waals surface area contributed by atoms with E-state index in [4.69, 9.17) is 16.3 Å². The molecule has 10 nitrogen and oxygen atoms in total. The summed E-state index contributed by atoms with van der Waals surface area (Å²) in [6, 6.07) is 7.48. The summed E-state index contributed by atoms with van der Waals surface area (Å²) in [7, 11) is 0. The van der Waals surface area contributed by atoms with Crippen LogP contribution in [0.2, 0.25) is 5.02 Å². The number of nitrogens with one attached hydrogen (secondary N) is 3. The Balaban J connectivity index is 1.82. The van der Waals surface area contributed by atoms with Crippen LogP contribution in [0.3, 0.4) is 0 Å². The fourth-order valence-electron chi connectivity index (χ4n) is 3.78. The van der Waals surface area contributed by atoms with Gasteiger partial charge < -0.3 is 25.6 Å². The predicted molar refractivity (Wildman–Crippen MR) is 140 cm³/mol. The average molecular weight is 530 g/mol. The number of carbonyl (C=O) groups excluding carboxylic acids is 4. The summed E-state index contributed by atoms with van der Waals surface area (Å²) >= 11 is 6.11. The SMILES string of the molecule is CC(=O)Nc1cc(C(=O)N2CCCCNC(=O)c3cc(Cl)ccc3OC[C@@H](C(C)C)NC(=O)C2)ccn1. The molecule has 0 saturated carbocycles. The van der Waals surface area contributed by atoms with Crippen molar-refractivity contribution in [2.45, 2.75) is 39.7 Å². The van der Waals surface area contributed by atoms with Gasteiger partial charge in [-0.05, 0) is 49.1 Å². The Morgan fingerprint density at radius 1 is 1.19 bits per heavy atom. The highest BCUT2D eigenvalue weighted by Crippen LogP contribution is 2.24. The molecule has 1 atom stereocenters. The van der Waals surface area contributed by atoms with Gasteiger partial charge in [0.15, 0.2) is 0 Å². The van der Waals surface area contributed by atoms with Gasteiger partial charge in [0.05, 0.1) is 18.2 Å². The van der Waals surface area contributed by atoms with Gasteiger partial charge in [-0.15, -0.1) is 0 Å². The van der Waals surface area contributed by atoms with E-state index in [-0.39, 0.29) is 54.6 Å². The van der Waals surface area contributed by atoms with Crippen molar-refractivity contribution in [3.8, 4) is 5.75 Å². The molecule has 198 valence electrons. The summed E-state index contributed by atoms with van der Waals surface area (Å²) in [4.78, 5) is 56.0. The molecule has 0 unspecified atom stereocenters. The van der Waals surface area contributed by atoms with E-state index in [0.717, 1.165) is 0 Å². The molecular formula is C26H32ClN5O5. The first-order chi connectivity index (χ1) is 17.6. The van der Waals surface area contributed by atoms with Crippen LogP contribution in [0.5, 0.6) is 5.75 Å². The number of anilines is 1.